The number of nitrogens with one attached hydrogen (secondary N) is 1. The molecule has 0 aromatic carbocycles. The van der Waals surface area contributed by atoms with Crippen molar-refractivity contribution < 1.29 is 4.79 Å². The Morgan fingerprint density at radius 2 is 2.07 bits per heavy atom. The molecule has 0 radical (unpaired) electrons. The summed E-state index contributed by atoms with van der Waals surface area (Å²) in [7, 11) is 0. The first-order chi connectivity index (χ1) is 6.52. The second kappa shape index (κ2) is 4.78. The molecule has 1 atom stereocenters. The van der Waals surface area contributed by atoms with Gasteiger partial charge in [-0.2, -0.15) is 0 Å². The van der Waals surface area contributed by atoms with E-state index in [1.54, 1.807) is 0 Å². The van der Waals surface area contributed by atoms with Gasteiger partial charge in [-0.25, -0.2) is 0 Å². The van der Waals surface area contributed by atoms with E-state index in [9.17, 15) is 4.79 Å². The van der Waals surface area contributed by atoms with Crippen LogP contribution in [0.15, 0.2) is 0 Å². The van der Waals surface area contributed by atoms with Crippen LogP contribution in [0.4, 0.5) is 0 Å². The summed E-state index contributed by atoms with van der Waals surface area (Å²) >= 11 is 0. The maximum Gasteiger partial charge on any atom is 0.227 e. The molecule has 1 N–H and O–H groups in total. The molecule has 3 heteroatoms. The van der Waals surface area contributed by atoms with Gasteiger partial charge in [0.1, 0.15) is 0 Å². The summed E-state index contributed by atoms with van der Waals surface area (Å²) in [5.41, 5.74) is 0. The first kappa shape index (κ1) is 11.5. The van der Waals surface area contributed by atoms with Crippen LogP contribution in [0.25, 0.3) is 0 Å². The molecule has 0 bridgehead atoms. The molecule has 1 saturated heterocycles. The van der Waals surface area contributed by atoms with Crippen molar-refractivity contribution in [2.24, 2.45) is 5.92 Å². The zero-order valence-corrected chi connectivity index (χ0v) is 9.71. The summed E-state index contributed by atoms with van der Waals surface area (Å²) in [5.74, 6) is 0.535. The lowest BCUT2D eigenvalue weighted by molar-refractivity contribution is -0.132. The van der Waals surface area contributed by atoms with Crippen molar-refractivity contribution in [2.45, 2.75) is 46.2 Å². The van der Waals surface area contributed by atoms with Gasteiger partial charge in [-0.15, -0.1) is 0 Å². The zero-order chi connectivity index (χ0) is 10.7. The molecule has 0 saturated carbocycles. The van der Waals surface area contributed by atoms with Gasteiger partial charge in [0.15, 0.2) is 0 Å². The summed E-state index contributed by atoms with van der Waals surface area (Å²) in [5, 5.41) is 3.33. The highest BCUT2D eigenvalue weighted by Gasteiger charge is 2.32. The van der Waals surface area contributed by atoms with Crippen LogP contribution in [0, 0.1) is 5.92 Å². The fourth-order valence-corrected chi connectivity index (χ4v) is 1.84. The van der Waals surface area contributed by atoms with E-state index in [-0.39, 0.29) is 5.92 Å². The molecular formula is C11H22N2O. The Morgan fingerprint density at radius 1 is 1.43 bits per heavy atom. The van der Waals surface area contributed by atoms with E-state index in [1.165, 1.54) is 0 Å². The monoisotopic (exact) mass is 198 g/mol. The highest BCUT2D eigenvalue weighted by atomic mass is 16.2. The molecule has 1 heterocycles. The number of carbonyl (C=O) groups is 1. The fourth-order valence-electron chi connectivity index (χ4n) is 1.84. The minimum Gasteiger partial charge on any atom is -0.340 e. The van der Waals surface area contributed by atoms with Crippen LogP contribution >= 0.6 is 0 Å². The molecule has 1 amide bonds. The first-order valence-corrected chi connectivity index (χ1v) is 5.56. The van der Waals surface area contributed by atoms with Crippen molar-refractivity contribution in [3.05, 3.63) is 0 Å². The van der Waals surface area contributed by atoms with Crippen molar-refractivity contribution >= 4 is 5.91 Å². The van der Waals surface area contributed by atoms with E-state index in [0.717, 1.165) is 19.5 Å². The van der Waals surface area contributed by atoms with Gasteiger partial charge in [-0.3, -0.25) is 4.79 Å². The second-order valence-corrected chi connectivity index (χ2v) is 4.67. The van der Waals surface area contributed by atoms with Crippen molar-refractivity contribution in [3.8, 4) is 0 Å². The summed E-state index contributed by atoms with van der Waals surface area (Å²) < 4.78 is 0. The summed E-state index contributed by atoms with van der Waals surface area (Å²) in [4.78, 5) is 13.8. The summed E-state index contributed by atoms with van der Waals surface area (Å²) in [6.07, 6.45) is 1.01. The number of hydrogen-bond donors (Lipinski definition) is 1. The van der Waals surface area contributed by atoms with E-state index in [1.807, 2.05) is 4.90 Å². The minimum atomic E-state index is 0.208. The molecule has 1 unspecified atom stereocenters. The van der Waals surface area contributed by atoms with Gasteiger partial charge in [0.25, 0.3) is 0 Å². The third kappa shape index (κ3) is 2.71. The van der Waals surface area contributed by atoms with Gasteiger partial charge >= 0.3 is 0 Å². The van der Waals surface area contributed by atoms with E-state index in [2.05, 4.69) is 33.0 Å². The lowest BCUT2D eigenvalue weighted by Gasteiger charge is -2.21. The Bertz CT molecular complexity index is 201. The Hall–Kier alpha value is -0.570. The number of hydrogen-bond acceptors (Lipinski definition) is 2. The summed E-state index contributed by atoms with van der Waals surface area (Å²) in [6.45, 7) is 10.1. The van der Waals surface area contributed by atoms with E-state index >= 15 is 0 Å². The lowest BCUT2D eigenvalue weighted by atomic mass is 10.1. The summed E-state index contributed by atoms with van der Waals surface area (Å²) in [6, 6.07) is 0.822. The van der Waals surface area contributed by atoms with Crippen LogP contribution < -0.4 is 5.32 Å². The normalized spacial score (nSPS) is 22.9. The highest BCUT2D eigenvalue weighted by molar-refractivity contribution is 5.81. The molecular weight excluding hydrogens is 176 g/mol. The molecule has 0 aromatic rings. The third-order valence-electron chi connectivity index (χ3n) is 2.75. The maximum absolute atomic E-state index is 11.8. The maximum atomic E-state index is 11.8. The number of likely N-dealkylation sites (tertiary alicyclic amines) is 1. The largest absolute Gasteiger partial charge is 0.340 e. The van der Waals surface area contributed by atoms with Crippen LogP contribution in [0.3, 0.4) is 0 Å². The first-order valence-electron chi connectivity index (χ1n) is 5.56. The van der Waals surface area contributed by atoms with Gasteiger partial charge in [0, 0.05) is 25.2 Å². The van der Waals surface area contributed by atoms with Crippen LogP contribution in [0.5, 0.6) is 0 Å². The predicted octanol–water partition coefficient (Wildman–Crippen LogP) is 1.24. The predicted molar refractivity (Wildman–Crippen MR) is 58.1 cm³/mol. The molecule has 0 aliphatic carbocycles. The number of rotatable bonds is 4. The quantitative estimate of drug-likeness (QED) is 0.737. The minimum absolute atomic E-state index is 0.208. The van der Waals surface area contributed by atoms with Crippen LogP contribution in [0.1, 0.15) is 34.1 Å². The molecule has 0 aromatic heterocycles. The van der Waals surface area contributed by atoms with Gasteiger partial charge in [0.05, 0.1) is 5.92 Å². The standard InChI is InChI=1S/C11H22N2O/c1-8(2)12-7-10-5-6-13(9(3)4)11(10)14/h8-10,12H,5-7H2,1-4H3. The second-order valence-electron chi connectivity index (χ2n) is 4.67. The smallest absolute Gasteiger partial charge is 0.227 e. The van der Waals surface area contributed by atoms with Crippen LogP contribution in [-0.4, -0.2) is 36.0 Å². The number of amides is 1. The lowest BCUT2D eigenvalue weighted by Crippen LogP contribution is -2.37. The Balaban J connectivity index is 2.40. The zero-order valence-electron chi connectivity index (χ0n) is 9.71. The Morgan fingerprint density at radius 3 is 2.50 bits per heavy atom. The molecule has 1 fully saturated rings. The van der Waals surface area contributed by atoms with Crippen molar-refractivity contribution in [1.82, 2.24) is 10.2 Å². The fraction of sp³-hybridized carbons (Fsp3) is 0.909. The van der Waals surface area contributed by atoms with Crippen LogP contribution in [-0.2, 0) is 4.79 Å². The molecule has 0 spiro atoms. The van der Waals surface area contributed by atoms with Crippen LogP contribution in [0.2, 0.25) is 0 Å². The molecule has 1 aliphatic rings. The highest BCUT2D eigenvalue weighted by Crippen LogP contribution is 2.19. The van der Waals surface area contributed by atoms with Gasteiger partial charge < -0.3 is 10.2 Å². The van der Waals surface area contributed by atoms with Gasteiger partial charge in [-0.05, 0) is 20.3 Å². The molecule has 1 aliphatic heterocycles. The average Bonchev–Trinajstić information content (AvgIpc) is 2.43. The topological polar surface area (TPSA) is 32.3 Å². The SMILES string of the molecule is CC(C)NCC1CCN(C(C)C)C1=O. The van der Waals surface area contributed by atoms with Crippen molar-refractivity contribution in [1.29, 1.82) is 0 Å². The molecule has 3 nitrogen and oxygen atoms in total. The third-order valence-corrected chi connectivity index (χ3v) is 2.75. The Kier molecular flexibility index (Phi) is 3.93. The van der Waals surface area contributed by atoms with E-state index in [4.69, 9.17) is 0 Å². The van der Waals surface area contributed by atoms with E-state index < -0.39 is 0 Å². The average molecular weight is 198 g/mol. The molecule has 1 rings (SSSR count). The number of carbonyl (C=O) groups excluding carboxylic acids is 1. The number of nitrogens with zero attached hydrogens (tertiary/aromatic N) is 1. The van der Waals surface area contributed by atoms with Crippen molar-refractivity contribution in [3.63, 3.8) is 0 Å². The molecule has 14 heavy (non-hydrogen) atoms. The Labute approximate surface area is 86.9 Å². The van der Waals surface area contributed by atoms with Crippen molar-refractivity contribution in [2.75, 3.05) is 13.1 Å². The van der Waals surface area contributed by atoms with E-state index in [0.29, 0.717) is 18.0 Å². The van der Waals surface area contributed by atoms with Gasteiger partial charge in [0.2, 0.25) is 5.91 Å². The van der Waals surface area contributed by atoms with Gasteiger partial charge in [-0.1, -0.05) is 13.8 Å². The molecule has 82 valence electrons.